The molecule has 0 radical (unpaired) electrons. The molecule has 1 aromatic rings. The fourth-order valence-electron chi connectivity index (χ4n) is 1.14. The minimum atomic E-state index is -0.0687. The van der Waals surface area contributed by atoms with Gasteiger partial charge in [-0.05, 0) is 26.0 Å². The van der Waals surface area contributed by atoms with E-state index in [9.17, 15) is 4.79 Å². The van der Waals surface area contributed by atoms with Crippen LogP contribution in [0.4, 0.5) is 4.79 Å². The molecule has 4 heteroatoms. The Morgan fingerprint density at radius 3 is 2.87 bits per heavy atom. The summed E-state index contributed by atoms with van der Waals surface area (Å²) in [6, 6.07) is 5.71. The zero-order chi connectivity index (χ0) is 11.3. The first-order valence-electron chi connectivity index (χ1n) is 5.05. The third kappa shape index (κ3) is 3.58. The van der Waals surface area contributed by atoms with Crippen molar-refractivity contribution in [3.05, 3.63) is 29.6 Å². The van der Waals surface area contributed by atoms with Gasteiger partial charge >= 0.3 is 6.03 Å². The van der Waals surface area contributed by atoms with E-state index < -0.39 is 0 Å². The molecule has 4 nitrogen and oxygen atoms in total. The molecule has 0 saturated heterocycles. The molecule has 1 rings (SSSR count). The summed E-state index contributed by atoms with van der Waals surface area (Å²) in [6.45, 7) is 5.05. The molecule has 0 bridgehead atoms. The number of urea groups is 1. The van der Waals surface area contributed by atoms with Gasteiger partial charge in [0.15, 0.2) is 0 Å². The van der Waals surface area contributed by atoms with Crippen LogP contribution in [-0.2, 0) is 6.54 Å². The van der Waals surface area contributed by atoms with Crippen LogP contribution in [0.15, 0.2) is 18.2 Å². The first kappa shape index (κ1) is 11.5. The summed E-state index contributed by atoms with van der Waals surface area (Å²) in [5.74, 6) is 0. The molecule has 1 heterocycles. The predicted octanol–water partition coefficient (Wildman–Crippen LogP) is 1.55. The zero-order valence-corrected chi connectivity index (χ0v) is 9.45. The number of amides is 2. The predicted molar refractivity (Wildman–Crippen MR) is 59.5 cm³/mol. The van der Waals surface area contributed by atoms with Crippen LogP contribution in [0.2, 0.25) is 0 Å². The largest absolute Gasteiger partial charge is 0.332 e. The normalized spacial score (nSPS) is 9.80. The smallest absolute Gasteiger partial charge is 0.317 e. The lowest BCUT2D eigenvalue weighted by atomic mass is 10.3. The van der Waals surface area contributed by atoms with Gasteiger partial charge in [0.1, 0.15) is 0 Å². The Morgan fingerprint density at radius 1 is 1.53 bits per heavy atom. The summed E-state index contributed by atoms with van der Waals surface area (Å²) < 4.78 is 0. The number of carbonyl (C=O) groups excluding carboxylic acids is 1. The molecular weight excluding hydrogens is 190 g/mol. The number of hydrogen-bond donors (Lipinski definition) is 1. The monoisotopic (exact) mass is 207 g/mol. The molecule has 2 amide bonds. The summed E-state index contributed by atoms with van der Waals surface area (Å²) in [7, 11) is 1.76. The fraction of sp³-hybridized carbons (Fsp3) is 0.455. The van der Waals surface area contributed by atoms with E-state index >= 15 is 0 Å². The SMILES string of the molecule is CCN(C)C(=O)NCc1cccc(C)n1. The molecule has 15 heavy (non-hydrogen) atoms. The summed E-state index contributed by atoms with van der Waals surface area (Å²) in [6.07, 6.45) is 0. The Bertz CT molecular complexity index is 338. The molecule has 0 aliphatic heterocycles. The van der Waals surface area contributed by atoms with Crippen molar-refractivity contribution in [2.75, 3.05) is 13.6 Å². The van der Waals surface area contributed by atoms with Crippen LogP contribution < -0.4 is 5.32 Å². The number of nitrogens with zero attached hydrogens (tertiary/aromatic N) is 2. The van der Waals surface area contributed by atoms with Crippen molar-refractivity contribution in [3.8, 4) is 0 Å². The standard InChI is InChI=1S/C11H17N3O/c1-4-14(3)11(15)12-8-10-7-5-6-9(2)13-10/h5-7H,4,8H2,1-3H3,(H,12,15). The highest BCUT2D eigenvalue weighted by Crippen LogP contribution is 1.97. The number of rotatable bonds is 3. The second-order valence-corrected chi connectivity index (χ2v) is 3.44. The van der Waals surface area contributed by atoms with Gasteiger partial charge in [0.2, 0.25) is 0 Å². The van der Waals surface area contributed by atoms with Gasteiger partial charge in [0.05, 0.1) is 12.2 Å². The van der Waals surface area contributed by atoms with Gasteiger partial charge in [0.25, 0.3) is 0 Å². The topological polar surface area (TPSA) is 45.2 Å². The highest BCUT2D eigenvalue weighted by molar-refractivity contribution is 5.73. The average molecular weight is 207 g/mol. The van der Waals surface area contributed by atoms with E-state index in [4.69, 9.17) is 0 Å². The van der Waals surface area contributed by atoms with E-state index in [0.717, 1.165) is 11.4 Å². The Hall–Kier alpha value is -1.58. The van der Waals surface area contributed by atoms with Gasteiger partial charge in [-0.25, -0.2) is 4.79 Å². The third-order valence-corrected chi connectivity index (χ3v) is 2.19. The van der Waals surface area contributed by atoms with Crippen molar-refractivity contribution in [3.63, 3.8) is 0 Å². The Kier molecular flexibility index (Phi) is 4.09. The van der Waals surface area contributed by atoms with E-state index in [1.54, 1.807) is 11.9 Å². The van der Waals surface area contributed by atoms with Crippen molar-refractivity contribution in [1.29, 1.82) is 0 Å². The van der Waals surface area contributed by atoms with Crippen molar-refractivity contribution < 1.29 is 4.79 Å². The zero-order valence-electron chi connectivity index (χ0n) is 9.45. The van der Waals surface area contributed by atoms with Crippen LogP contribution in [0.3, 0.4) is 0 Å². The fourth-order valence-corrected chi connectivity index (χ4v) is 1.14. The van der Waals surface area contributed by atoms with Crippen molar-refractivity contribution in [1.82, 2.24) is 15.2 Å². The van der Waals surface area contributed by atoms with Crippen molar-refractivity contribution >= 4 is 6.03 Å². The molecule has 0 saturated carbocycles. The Labute approximate surface area is 90.3 Å². The Balaban J connectivity index is 2.47. The van der Waals surface area contributed by atoms with E-state index in [-0.39, 0.29) is 6.03 Å². The van der Waals surface area contributed by atoms with Gasteiger partial charge in [-0.3, -0.25) is 4.98 Å². The minimum absolute atomic E-state index is 0.0687. The molecule has 0 fully saturated rings. The lowest BCUT2D eigenvalue weighted by Gasteiger charge is -2.15. The highest BCUT2D eigenvalue weighted by atomic mass is 16.2. The van der Waals surface area contributed by atoms with Crippen LogP contribution in [0, 0.1) is 6.92 Å². The van der Waals surface area contributed by atoms with Gasteiger partial charge in [0, 0.05) is 19.3 Å². The average Bonchev–Trinajstić information content (AvgIpc) is 2.25. The van der Waals surface area contributed by atoms with Gasteiger partial charge < -0.3 is 10.2 Å². The molecule has 0 atom stereocenters. The van der Waals surface area contributed by atoms with E-state index in [2.05, 4.69) is 10.3 Å². The lowest BCUT2D eigenvalue weighted by Crippen LogP contribution is -2.36. The van der Waals surface area contributed by atoms with E-state index in [1.807, 2.05) is 32.0 Å². The van der Waals surface area contributed by atoms with Crippen LogP contribution in [-0.4, -0.2) is 29.5 Å². The van der Waals surface area contributed by atoms with E-state index in [0.29, 0.717) is 13.1 Å². The molecule has 0 spiro atoms. The molecule has 82 valence electrons. The molecule has 0 aliphatic rings. The van der Waals surface area contributed by atoms with Crippen LogP contribution in [0.5, 0.6) is 0 Å². The van der Waals surface area contributed by atoms with Crippen LogP contribution in [0.1, 0.15) is 18.3 Å². The summed E-state index contributed by atoms with van der Waals surface area (Å²) in [5.41, 5.74) is 1.85. The molecule has 1 N–H and O–H groups in total. The van der Waals surface area contributed by atoms with Crippen LogP contribution in [0.25, 0.3) is 0 Å². The van der Waals surface area contributed by atoms with Crippen molar-refractivity contribution in [2.24, 2.45) is 0 Å². The van der Waals surface area contributed by atoms with Gasteiger partial charge in [-0.1, -0.05) is 6.07 Å². The second kappa shape index (κ2) is 5.34. The number of hydrogen-bond acceptors (Lipinski definition) is 2. The number of nitrogens with one attached hydrogen (secondary N) is 1. The van der Waals surface area contributed by atoms with Crippen molar-refractivity contribution in [2.45, 2.75) is 20.4 Å². The summed E-state index contributed by atoms with van der Waals surface area (Å²) in [4.78, 5) is 17.3. The Morgan fingerprint density at radius 2 is 2.27 bits per heavy atom. The number of pyridine rings is 1. The molecular formula is C11H17N3O. The third-order valence-electron chi connectivity index (χ3n) is 2.19. The molecule has 0 aromatic carbocycles. The maximum atomic E-state index is 11.4. The number of aryl methyl sites for hydroxylation is 1. The second-order valence-electron chi connectivity index (χ2n) is 3.44. The summed E-state index contributed by atoms with van der Waals surface area (Å²) >= 11 is 0. The quantitative estimate of drug-likeness (QED) is 0.817. The highest BCUT2D eigenvalue weighted by Gasteiger charge is 2.05. The van der Waals surface area contributed by atoms with Crippen LogP contribution >= 0.6 is 0 Å². The molecule has 1 aromatic heterocycles. The summed E-state index contributed by atoms with van der Waals surface area (Å²) in [5, 5.41) is 2.80. The minimum Gasteiger partial charge on any atom is -0.332 e. The van der Waals surface area contributed by atoms with Gasteiger partial charge in [-0.2, -0.15) is 0 Å². The first-order valence-corrected chi connectivity index (χ1v) is 5.05. The molecule has 0 unspecified atom stereocenters. The lowest BCUT2D eigenvalue weighted by molar-refractivity contribution is 0.210. The molecule has 0 aliphatic carbocycles. The maximum absolute atomic E-state index is 11.4. The first-order chi connectivity index (χ1) is 7.13. The number of carbonyl (C=O) groups is 1. The van der Waals surface area contributed by atoms with Gasteiger partial charge in [-0.15, -0.1) is 0 Å². The maximum Gasteiger partial charge on any atom is 0.317 e. The number of aromatic nitrogens is 1. The van der Waals surface area contributed by atoms with E-state index in [1.165, 1.54) is 0 Å².